The van der Waals surface area contributed by atoms with E-state index in [0.717, 1.165) is 51.2 Å². The second-order valence-electron chi connectivity index (χ2n) is 10.2. The van der Waals surface area contributed by atoms with Gasteiger partial charge in [-0.05, 0) is 79.6 Å². The van der Waals surface area contributed by atoms with Gasteiger partial charge < -0.3 is 10.2 Å². The fourth-order valence-electron chi connectivity index (χ4n) is 5.79. The largest absolute Gasteiger partial charge is 0.369 e. The Hall–Kier alpha value is -3.25. The highest BCUT2D eigenvalue weighted by molar-refractivity contribution is 6.04. The Kier molecular flexibility index (Phi) is 7.06. The van der Waals surface area contributed by atoms with Crippen molar-refractivity contribution in [2.45, 2.75) is 38.1 Å². The van der Waals surface area contributed by atoms with Crippen molar-refractivity contribution in [3.8, 4) is 0 Å². The highest BCUT2D eigenvalue weighted by Crippen LogP contribution is 2.45. The van der Waals surface area contributed by atoms with E-state index < -0.39 is 17.5 Å². The summed E-state index contributed by atoms with van der Waals surface area (Å²) in [4.78, 5) is 17.8. The first kappa shape index (κ1) is 24.4. The highest BCUT2D eigenvalue weighted by atomic mass is 19.2. The summed E-state index contributed by atoms with van der Waals surface area (Å²) >= 11 is 0. The smallest absolute Gasteiger partial charge is 0.255 e. The van der Waals surface area contributed by atoms with Crippen molar-refractivity contribution in [1.82, 2.24) is 4.90 Å². The van der Waals surface area contributed by atoms with E-state index in [1.165, 1.54) is 30.2 Å². The summed E-state index contributed by atoms with van der Waals surface area (Å²) in [7, 11) is 0. The lowest BCUT2D eigenvalue weighted by Gasteiger charge is -2.51. The van der Waals surface area contributed by atoms with Crippen LogP contribution >= 0.6 is 0 Å². The average Bonchev–Trinajstić information content (AvgIpc) is 2.91. The van der Waals surface area contributed by atoms with Crippen molar-refractivity contribution >= 4 is 17.3 Å². The molecular formula is C30H33F2N3O. The molecule has 4 nitrogen and oxygen atoms in total. The number of anilines is 2. The molecular weight excluding hydrogens is 456 g/mol. The number of rotatable bonds is 5. The molecule has 2 aliphatic rings. The van der Waals surface area contributed by atoms with Crippen LogP contribution in [0.15, 0.2) is 72.8 Å². The lowest BCUT2D eigenvalue weighted by molar-refractivity contribution is 0.0299. The van der Waals surface area contributed by atoms with Crippen LogP contribution in [-0.2, 0) is 5.54 Å². The van der Waals surface area contributed by atoms with Crippen molar-refractivity contribution in [2.24, 2.45) is 5.92 Å². The molecule has 1 saturated heterocycles. The quantitative estimate of drug-likeness (QED) is 0.448. The van der Waals surface area contributed by atoms with E-state index in [4.69, 9.17) is 0 Å². The maximum Gasteiger partial charge on any atom is 0.255 e. The van der Waals surface area contributed by atoms with Crippen LogP contribution in [0.1, 0.15) is 48.5 Å². The van der Waals surface area contributed by atoms with Crippen molar-refractivity contribution in [3.63, 3.8) is 0 Å². The molecule has 5 rings (SSSR count). The summed E-state index contributed by atoms with van der Waals surface area (Å²) in [5.74, 6) is -1.73. The van der Waals surface area contributed by atoms with Gasteiger partial charge in [0, 0.05) is 48.7 Å². The van der Waals surface area contributed by atoms with Gasteiger partial charge >= 0.3 is 0 Å². The first-order chi connectivity index (χ1) is 17.4. The Morgan fingerprint density at radius 2 is 1.58 bits per heavy atom. The van der Waals surface area contributed by atoms with Gasteiger partial charge in [-0.25, -0.2) is 8.78 Å². The van der Waals surface area contributed by atoms with Crippen LogP contribution in [0.25, 0.3) is 0 Å². The molecule has 1 aliphatic heterocycles. The predicted octanol–water partition coefficient (Wildman–Crippen LogP) is 6.44. The van der Waals surface area contributed by atoms with Crippen molar-refractivity contribution in [1.29, 1.82) is 0 Å². The van der Waals surface area contributed by atoms with E-state index in [1.54, 1.807) is 0 Å². The lowest BCUT2D eigenvalue weighted by Crippen LogP contribution is -2.56. The van der Waals surface area contributed by atoms with Crippen LogP contribution in [0.4, 0.5) is 20.2 Å². The molecule has 3 aromatic carbocycles. The van der Waals surface area contributed by atoms with E-state index in [9.17, 15) is 13.6 Å². The molecule has 0 radical (unpaired) electrons. The zero-order valence-corrected chi connectivity index (χ0v) is 20.7. The molecule has 0 unspecified atom stereocenters. The van der Waals surface area contributed by atoms with Gasteiger partial charge in [0.2, 0.25) is 0 Å². The summed E-state index contributed by atoms with van der Waals surface area (Å²) in [6.45, 7) is 6.25. The molecule has 188 valence electrons. The molecule has 0 spiro atoms. The first-order valence-corrected chi connectivity index (χ1v) is 12.9. The van der Waals surface area contributed by atoms with Crippen LogP contribution < -0.4 is 10.2 Å². The lowest BCUT2D eigenvalue weighted by atomic mass is 9.71. The Balaban J connectivity index is 1.37. The third-order valence-corrected chi connectivity index (χ3v) is 7.95. The Morgan fingerprint density at radius 1 is 0.861 bits per heavy atom. The minimum absolute atomic E-state index is 0.0714. The van der Waals surface area contributed by atoms with Crippen LogP contribution in [0.3, 0.4) is 0 Å². The van der Waals surface area contributed by atoms with Gasteiger partial charge in [-0.3, -0.25) is 9.69 Å². The fraction of sp³-hybridized carbons (Fsp3) is 0.367. The summed E-state index contributed by atoms with van der Waals surface area (Å²) in [6.07, 6.45) is 4.51. The van der Waals surface area contributed by atoms with Gasteiger partial charge in [-0.2, -0.15) is 0 Å². The Morgan fingerprint density at radius 3 is 2.28 bits per heavy atom. The molecule has 1 N–H and O–H groups in total. The second kappa shape index (κ2) is 10.4. The molecule has 1 amide bonds. The number of benzene rings is 3. The Labute approximate surface area is 211 Å². The number of carbonyl (C=O) groups is 1. The SMILES string of the molecule is CC1CCC(c2cccc(NC(=O)c3ccc(F)c(F)c3)c2)(N2CCN(c3ccccc3)CC2)CC1. The van der Waals surface area contributed by atoms with Gasteiger partial charge in [-0.15, -0.1) is 0 Å². The number of nitrogens with zero attached hydrogens (tertiary/aromatic N) is 2. The second-order valence-corrected chi connectivity index (χ2v) is 10.2. The van der Waals surface area contributed by atoms with Crippen LogP contribution in [0, 0.1) is 17.6 Å². The third-order valence-electron chi connectivity index (χ3n) is 7.95. The molecule has 0 atom stereocenters. The number of amides is 1. The molecule has 6 heteroatoms. The van der Waals surface area contributed by atoms with Gasteiger partial charge in [-0.1, -0.05) is 37.3 Å². The molecule has 1 aliphatic carbocycles. The fourth-order valence-corrected chi connectivity index (χ4v) is 5.79. The monoisotopic (exact) mass is 489 g/mol. The summed E-state index contributed by atoms with van der Waals surface area (Å²) in [5, 5.41) is 2.89. The van der Waals surface area contributed by atoms with Crippen molar-refractivity contribution in [3.05, 3.63) is 95.6 Å². The zero-order chi connectivity index (χ0) is 25.1. The summed E-state index contributed by atoms with van der Waals surface area (Å²) in [5.41, 5.74) is 3.18. The third kappa shape index (κ3) is 5.00. The molecule has 1 heterocycles. The topological polar surface area (TPSA) is 35.6 Å². The van der Waals surface area contributed by atoms with Crippen LogP contribution in [0.2, 0.25) is 0 Å². The molecule has 2 fully saturated rings. The van der Waals surface area contributed by atoms with Crippen molar-refractivity contribution in [2.75, 3.05) is 36.4 Å². The van der Waals surface area contributed by atoms with Gasteiger partial charge in [0.05, 0.1) is 0 Å². The predicted molar refractivity (Wildman–Crippen MR) is 140 cm³/mol. The zero-order valence-electron chi connectivity index (χ0n) is 20.7. The highest BCUT2D eigenvalue weighted by Gasteiger charge is 2.42. The van der Waals surface area contributed by atoms with E-state index in [1.807, 2.05) is 12.1 Å². The number of carbonyl (C=O) groups excluding carboxylic acids is 1. The van der Waals surface area contributed by atoms with E-state index in [-0.39, 0.29) is 11.1 Å². The molecule has 0 aromatic heterocycles. The number of hydrogen-bond donors (Lipinski definition) is 1. The maximum atomic E-state index is 13.6. The van der Waals surface area contributed by atoms with Gasteiger partial charge in [0.1, 0.15) is 0 Å². The normalized spacial score (nSPS) is 22.9. The minimum Gasteiger partial charge on any atom is -0.369 e. The average molecular weight is 490 g/mol. The molecule has 3 aromatic rings. The molecule has 0 bridgehead atoms. The maximum absolute atomic E-state index is 13.6. The van der Waals surface area contributed by atoms with E-state index in [0.29, 0.717) is 11.6 Å². The van der Waals surface area contributed by atoms with Crippen LogP contribution in [0.5, 0.6) is 0 Å². The number of hydrogen-bond acceptors (Lipinski definition) is 3. The first-order valence-electron chi connectivity index (χ1n) is 12.9. The van der Waals surface area contributed by atoms with Crippen LogP contribution in [-0.4, -0.2) is 37.0 Å². The Bertz CT molecular complexity index is 1200. The van der Waals surface area contributed by atoms with Crippen molar-refractivity contribution < 1.29 is 13.6 Å². The number of piperazine rings is 1. The number of nitrogens with one attached hydrogen (secondary N) is 1. The number of para-hydroxylation sites is 1. The summed E-state index contributed by atoms with van der Waals surface area (Å²) < 4.78 is 26.9. The molecule has 36 heavy (non-hydrogen) atoms. The van der Waals surface area contributed by atoms with Gasteiger partial charge in [0.15, 0.2) is 11.6 Å². The standard InChI is InChI=1S/C30H33F2N3O/c1-22-12-14-30(15-13-22,35-18-16-34(17-19-35)26-8-3-2-4-9-26)24-6-5-7-25(21-24)33-29(36)23-10-11-27(31)28(32)20-23/h2-11,20-22H,12-19H2,1H3,(H,33,36). The molecule has 1 saturated carbocycles. The minimum atomic E-state index is -1.03. The summed E-state index contributed by atoms with van der Waals surface area (Å²) in [6, 6.07) is 21.9. The van der Waals surface area contributed by atoms with E-state index in [2.05, 4.69) is 64.5 Å². The number of halogens is 2. The van der Waals surface area contributed by atoms with E-state index >= 15 is 0 Å². The van der Waals surface area contributed by atoms with Gasteiger partial charge in [0.25, 0.3) is 5.91 Å².